The number of rotatable bonds is 3. The number of nitro groups is 1. The van der Waals surface area contributed by atoms with Crippen LogP contribution in [0.3, 0.4) is 0 Å². The Morgan fingerprint density at radius 2 is 2.00 bits per heavy atom. The van der Waals surface area contributed by atoms with E-state index in [1.54, 1.807) is 18.2 Å². The number of anilines is 1. The van der Waals surface area contributed by atoms with Crippen molar-refractivity contribution in [2.45, 2.75) is 25.3 Å². The zero-order chi connectivity index (χ0) is 17.4. The molecule has 7 nitrogen and oxygen atoms in total. The summed E-state index contributed by atoms with van der Waals surface area (Å²) >= 11 is 0. The molecule has 0 saturated heterocycles. The van der Waals surface area contributed by atoms with E-state index >= 15 is 0 Å². The first kappa shape index (κ1) is 15.3. The maximum absolute atomic E-state index is 12.5. The molecule has 25 heavy (non-hydrogen) atoms. The summed E-state index contributed by atoms with van der Waals surface area (Å²) in [5.41, 5.74) is 1.52. The third kappa shape index (κ3) is 2.63. The van der Waals surface area contributed by atoms with E-state index < -0.39 is 16.2 Å². The Labute approximate surface area is 143 Å². The highest BCUT2D eigenvalue weighted by atomic mass is 16.6. The van der Waals surface area contributed by atoms with Crippen LogP contribution in [-0.2, 0) is 6.42 Å². The molecular weight excluding hydrogens is 320 g/mol. The molecule has 1 aliphatic rings. The SMILES string of the molecule is O=c1c([N+](=O)[O-])c(N[C@H]2CCCc3ccccc32)nc2ccccn12. The van der Waals surface area contributed by atoms with E-state index in [2.05, 4.69) is 16.4 Å². The van der Waals surface area contributed by atoms with Crippen molar-refractivity contribution in [1.29, 1.82) is 0 Å². The van der Waals surface area contributed by atoms with Gasteiger partial charge >= 0.3 is 11.2 Å². The van der Waals surface area contributed by atoms with Crippen LogP contribution in [0, 0.1) is 10.1 Å². The Morgan fingerprint density at radius 3 is 2.84 bits per heavy atom. The molecule has 4 rings (SSSR count). The molecule has 0 amide bonds. The van der Waals surface area contributed by atoms with Crippen LogP contribution in [0.1, 0.15) is 30.0 Å². The van der Waals surface area contributed by atoms with Crippen LogP contribution in [0.5, 0.6) is 0 Å². The topological polar surface area (TPSA) is 89.5 Å². The molecule has 2 aromatic heterocycles. The van der Waals surface area contributed by atoms with Gasteiger partial charge < -0.3 is 5.32 Å². The minimum atomic E-state index is -0.679. The van der Waals surface area contributed by atoms with E-state index in [0.29, 0.717) is 5.65 Å². The van der Waals surface area contributed by atoms with E-state index in [4.69, 9.17) is 0 Å². The molecule has 126 valence electrons. The maximum Gasteiger partial charge on any atom is 0.376 e. The van der Waals surface area contributed by atoms with Gasteiger partial charge in [-0.15, -0.1) is 0 Å². The molecule has 1 N–H and O–H groups in total. The Balaban J connectivity index is 1.84. The van der Waals surface area contributed by atoms with Gasteiger partial charge in [0.1, 0.15) is 5.65 Å². The third-order valence-electron chi connectivity index (χ3n) is 4.57. The van der Waals surface area contributed by atoms with Crippen molar-refractivity contribution >= 4 is 17.2 Å². The number of benzene rings is 1. The van der Waals surface area contributed by atoms with E-state index in [9.17, 15) is 14.9 Å². The Kier molecular flexibility index (Phi) is 3.68. The number of aromatic nitrogens is 2. The van der Waals surface area contributed by atoms with Gasteiger partial charge in [-0.2, -0.15) is 0 Å². The molecular formula is C18H16N4O3. The third-order valence-corrected chi connectivity index (χ3v) is 4.57. The summed E-state index contributed by atoms with van der Waals surface area (Å²) in [6, 6.07) is 13.0. The van der Waals surface area contributed by atoms with Gasteiger partial charge in [-0.05, 0) is 42.5 Å². The van der Waals surface area contributed by atoms with Crippen LogP contribution >= 0.6 is 0 Å². The second-order valence-corrected chi connectivity index (χ2v) is 6.09. The Morgan fingerprint density at radius 1 is 1.20 bits per heavy atom. The fourth-order valence-electron chi connectivity index (χ4n) is 3.41. The molecule has 2 heterocycles. The minimum Gasteiger partial charge on any atom is -0.357 e. The van der Waals surface area contributed by atoms with Crippen molar-refractivity contribution in [2.24, 2.45) is 0 Å². The first-order chi connectivity index (χ1) is 12.1. The number of pyridine rings is 1. The lowest BCUT2D eigenvalue weighted by atomic mass is 9.88. The average Bonchev–Trinajstić information content (AvgIpc) is 2.62. The molecule has 0 saturated carbocycles. The Bertz CT molecular complexity index is 1030. The van der Waals surface area contributed by atoms with Crippen LogP contribution in [0.2, 0.25) is 0 Å². The second-order valence-electron chi connectivity index (χ2n) is 6.09. The van der Waals surface area contributed by atoms with Crippen molar-refractivity contribution in [3.8, 4) is 0 Å². The summed E-state index contributed by atoms with van der Waals surface area (Å²) in [4.78, 5) is 27.7. The standard InChI is InChI=1S/C18H16N4O3/c23-18-16(22(24)25)17(20-15-10-3-4-11-21(15)18)19-14-9-5-7-12-6-1-2-8-13(12)14/h1-4,6,8,10-11,14,19H,5,7,9H2/t14-/m0/s1. The quantitative estimate of drug-likeness (QED) is 0.586. The van der Waals surface area contributed by atoms with Gasteiger partial charge in [-0.3, -0.25) is 19.3 Å². The average molecular weight is 336 g/mol. The summed E-state index contributed by atoms with van der Waals surface area (Å²) in [6.45, 7) is 0. The fraction of sp³-hybridized carbons (Fsp3) is 0.222. The normalized spacial score (nSPS) is 16.4. The van der Waals surface area contributed by atoms with E-state index in [-0.39, 0.29) is 11.9 Å². The van der Waals surface area contributed by atoms with Crippen molar-refractivity contribution < 1.29 is 4.92 Å². The number of aryl methyl sites for hydroxylation is 1. The molecule has 0 fully saturated rings. The number of hydrogen-bond acceptors (Lipinski definition) is 5. The Hall–Kier alpha value is -3.22. The summed E-state index contributed by atoms with van der Waals surface area (Å²) in [6.07, 6.45) is 4.29. The largest absolute Gasteiger partial charge is 0.376 e. The van der Waals surface area contributed by atoms with Crippen LogP contribution in [-0.4, -0.2) is 14.3 Å². The minimum absolute atomic E-state index is 0.0305. The van der Waals surface area contributed by atoms with Crippen molar-refractivity contribution in [2.75, 3.05) is 5.32 Å². The summed E-state index contributed by atoms with van der Waals surface area (Å²) in [7, 11) is 0. The van der Waals surface area contributed by atoms with Crippen LogP contribution in [0.25, 0.3) is 5.65 Å². The summed E-state index contributed by atoms with van der Waals surface area (Å²) in [5, 5.41) is 14.6. The number of nitrogens with one attached hydrogen (secondary N) is 1. The highest BCUT2D eigenvalue weighted by Gasteiger charge is 2.27. The maximum atomic E-state index is 12.5. The molecule has 3 aromatic rings. The fourth-order valence-corrected chi connectivity index (χ4v) is 3.41. The lowest BCUT2D eigenvalue weighted by Crippen LogP contribution is -2.24. The van der Waals surface area contributed by atoms with Gasteiger partial charge in [0.25, 0.3) is 0 Å². The second kappa shape index (κ2) is 6.01. The van der Waals surface area contributed by atoms with Crippen molar-refractivity contribution in [3.63, 3.8) is 0 Å². The van der Waals surface area contributed by atoms with Crippen LogP contribution in [0.15, 0.2) is 53.5 Å². The zero-order valence-electron chi connectivity index (χ0n) is 13.4. The first-order valence-electron chi connectivity index (χ1n) is 8.15. The monoisotopic (exact) mass is 336 g/mol. The van der Waals surface area contributed by atoms with E-state index in [1.165, 1.54) is 16.2 Å². The van der Waals surface area contributed by atoms with Gasteiger partial charge in [0.05, 0.1) is 11.0 Å². The van der Waals surface area contributed by atoms with Crippen molar-refractivity contribution in [3.05, 3.63) is 80.3 Å². The van der Waals surface area contributed by atoms with Gasteiger partial charge in [0, 0.05) is 6.20 Å². The van der Waals surface area contributed by atoms with E-state index in [1.807, 2.05) is 18.2 Å². The molecule has 0 radical (unpaired) electrons. The zero-order valence-corrected chi connectivity index (χ0v) is 13.4. The number of nitrogens with zero attached hydrogens (tertiary/aromatic N) is 3. The lowest BCUT2D eigenvalue weighted by Gasteiger charge is -2.26. The smallest absolute Gasteiger partial charge is 0.357 e. The highest BCUT2D eigenvalue weighted by Crippen LogP contribution is 2.33. The molecule has 0 bridgehead atoms. The van der Waals surface area contributed by atoms with Crippen LogP contribution in [0.4, 0.5) is 11.5 Å². The predicted octanol–water partition coefficient (Wildman–Crippen LogP) is 3.09. The lowest BCUT2D eigenvalue weighted by molar-refractivity contribution is -0.385. The summed E-state index contributed by atoms with van der Waals surface area (Å²) < 4.78 is 1.19. The molecule has 1 aromatic carbocycles. The van der Waals surface area contributed by atoms with Crippen molar-refractivity contribution in [1.82, 2.24) is 9.38 Å². The molecule has 7 heteroatoms. The molecule has 1 aliphatic carbocycles. The molecule has 0 spiro atoms. The van der Waals surface area contributed by atoms with Gasteiger partial charge in [-0.25, -0.2) is 4.98 Å². The molecule has 1 atom stereocenters. The molecule has 0 aliphatic heterocycles. The highest BCUT2D eigenvalue weighted by molar-refractivity contribution is 5.61. The molecule has 0 unspecified atom stereocenters. The number of fused-ring (bicyclic) bond motifs is 2. The van der Waals surface area contributed by atoms with Gasteiger partial charge in [0.15, 0.2) is 0 Å². The first-order valence-corrected chi connectivity index (χ1v) is 8.15. The van der Waals surface area contributed by atoms with Gasteiger partial charge in [-0.1, -0.05) is 30.3 Å². The van der Waals surface area contributed by atoms with Crippen LogP contribution < -0.4 is 10.9 Å². The van der Waals surface area contributed by atoms with E-state index in [0.717, 1.165) is 24.8 Å². The summed E-state index contributed by atoms with van der Waals surface area (Å²) in [5.74, 6) is 0.0305. The number of hydrogen-bond donors (Lipinski definition) is 1. The predicted molar refractivity (Wildman–Crippen MR) is 93.9 cm³/mol. The van der Waals surface area contributed by atoms with Gasteiger partial charge in [0.2, 0.25) is 5.82 Å².